The highest BCUT2D eigenvalue weighted by Crippen LogP contribution is 2.27. The quantitative estimate of drug-likeness (QED) is 0.364. The molecule has 1 unspecified atom stereocenters. The summed E-state index contributed by atoms with van der Waals surface area (Å²) < 4.78 is 14.8. The van der Waals surface area contributed by atoms with Crippen LogP contribution >= 0.6 is 0 Å². The molecule has 0 fully saturated rings. The van der Waals surface area contributed by atoms with Crippen LogP contribution in [-0.4, -0.2) is 44.2 Å². The summed E-state index contributed by atoms with van der Waals surface area (Å²) in [4.78, 5) is 22.1. The van der Waals surface area contributed by atoms with Gasteiger partial charge in [0.25, 0.3) is 0 Å². The van der Waals surface area contributed by atoms with Crippen LogP contribution in [0.2, 0.25) is 0 Å². The molecule has 0 aliphatic heterocycles. The first-order chi connectivity index (χ1) is 16.5. The fraction of sp³-hybridized carbons (Fsp3) is 0.385. The predicted octanol–water partition coefficient (Wildman–Crippen LogP) is 5.99. The number of carbonyl (C=O) groups is 1. The molecule has 2 aromatic heterocycles. The fourth-order valence-corrected chi connectivity index (χ4v) is 4.11. The van der Waals surface area contributed by atoms with Gasteiger partial charge >= 0.3 is 6.09 Å². The van der Waals surface area contributed by atoms with Gasteiger partial charge in [0.15, 0.2) is 17.5 Å². The maximum atomic E-state index is 14.8. The number of benzene rings is 1. The Morgan fingerprint density at radius 1 is 1.23 bits per heavy atom. The average molecular weight is 479 g/mol. The van der Waals surface area contributed by atoms with E-state index in [1.54, 1.807) is 12.3 Å². The number of nitrogens with zero attached hydrogens (tertiary/aromatic N) is 4. The van der Waals surface area contributed by atoms with Crippen LogP contribution in [0.25, 0.3) is 10.9 Å². The molecule has 0 spiro atoms. The molecule has 0 radical (unpaired) electrons. The zero-order chi connectivity index (χ0) is 25.8. The molecule has 0 bridgehead atoms. The van der Waals surface area contributed by atoms with E-state index in [1.165, 1.54) is 4.90 Å². The summed E-state index contributed by atoms with van der Waals surface area (Å²) in [7, 11) is 0. The molecular formula is C26H31FN6O2. The molecule has 1 aromatic carbocycles. The monoisotopic (exact) mass is 478 g/mol. The third kappa shape index (κ3) is 6.35. The summed E-state index contributed by atoms with van der Waals surface area (Å²) in [6, 6.07) is 12.0. The molecule has 0 saturated carbocycles. The minimum atomic E-state index is -1.04. The lowest BCUT2D eigenvalue weighted by molar-refractivity contribution is 0.0670. The van der Waals surface area contributed by atoms with Gasteiger partial charge in [0.05, 0.1) is 17.1 Å². The van der Waals surface area contributed by atoms with Crippen LogP contribution in [0.15, 0.2) is 42.6 Å². The zero-order valence-corrected chi connectivity index (χ0v) is 20.6. The number of nitrogens with one attached hydrogen (secondary N) is 2. The van der Waals surface area contributed by atoms with E-state index in [0.29, 0.717) is 12.1 Å². The van der Waals surface area contributed by atoms with Crippen LogP contribution in [0.5, 0.6) is 0 Å². The van der Waals surface area contributed by atoms with Crippen molar-refractivity contribution in [2.75, 3.05) is 17.2 Å². The van der Waals surface area contributed by atoms with E-state index < -0.39 is 23.5 Å². The molecule has 35 heavy (non-hydrogen) atoms. The number of hydrogen-bond donors (Lipinski definition) is 3. The van der Waals surface area contributed by atoms with Gasteiger partial charge in [-0.05, 0) is 63.4 Å². The van der Waals surface area contributed by atoms with Gasteiger partial charge in [-0.3, -0.25) is 9.88 Å². The second-order valence-corrected chi connectivity index (χ2v) is 9.85. The summed E-state index contributed by atoms with van der Waals surface area (Å²) in [6.07, 6.45) is 1.26. The first-order valence-corrected chi connectivity index (χ1v) is 11.5. The SMILES string of the molecule is CC(C)CC(CNc1nc(Nc2ccc3ncccc3c2)c(C#N)cc1F)N(C(=O)O)C(C)(C)C. The number of amides is 1. The summed E-state index contributed by atoms with van der Waals surface area (Å²) in [6.45, 7) is 9.68. The number of carboxylic acid groups (broad SMARTS) is 1. The van der Waals surface area contributed by atoms with Crippen molar-refractivity contribution in [3.05, 3.63) is 54.0 Å². The normalized spacial score (nSPS) is 12.3. The smallest absolute Gasteiger partial charge is 0.408 e. The Kier molecular flexibility index (Phi) is 7.75. The minimum Gasteiger partial charge on any atom is -0.465 e. The van der Waals surface area contributed by atoms with E-state index in [0.717, 1.165) is 17.0 Å². The van der Waals surface area contributed by atoms with Gasteiger partial charge in [-0.15, -0.1) is 0 Å². The number of fused-ring (bicyclic) bond motifs is 1. The van der Waals surface area contributed by atoms with Crippen LogP contribution in [0.1, 0.15) is 46.6 Å². The van der Waals surface area contributed by atoms with Gasteiger partial charge in [-0.1, -0.05) is 19.9 Å². The number of pyridine rings is 2. The largest absolute Gasteiger partial charge is 0.465 e. The maximum Gasteiger partial charge on any atom is 0.408 e. The van der Waals surface area contributed by atoms with Crippen LogP contribution in [-0.2, 0) is 0 Å². The molecule has 3 N–H and O–H groups in total. The van der Waals surface area contributed by atoms with Crippen LogP contribution in [0, 0.1) is 23.1 Å². The van der Waals surface area contributed by atoms with Crippen molar-refractivity contribution in [1.82, 2.24) is 14.9 Å². The minimum absolute atomic E-state index is 0.0537. The first kappa shape index (κ1) is 25.7. The molecule has 3 aromatic rings. The molecule has 2 heterocycles. The Bertz CT molecular complexity index is 1250. The molecular weight excluding hydrogens is 447 g/mol. The van der Waals surface area contributed by atoms with E-state index in [4.69, 9.17) is 0 Å². The lowest BCUT2D eigenvalue weighted by Gasteiger charge is -2.40. The third-order valence-corrected chi connectivity index (χ3v) is 5.50. The van der Waals surface area contributed by atoms with E-state index in [9.17, 15) is 19.6 Å². The fourth-order valence-electron chi connectivity index (χ4n) is 4.11. The van der Waals surface area contributed by atoms with Crippen LogP contribution in [0.3, 0.4) is 0 Å². The lowest BCUT2D eigenvalue weighted by atomic mass is 9.97. The number of anilines is 3. The van der Waals surface area contributed by atoms with Gasteiger partial charge < -0.3 is 15.7 Å². The van der Waals surface area contributed by atoms with Gasteiger partial charge in [0.2, 0.25) is 0 Å². The number of halogens is 1. The zero-order valence-electron chi connectivity index (χ0n) is 20.6. The highest BCUT2D eigenvalue weighted by atomic mass is 19.1. The predicted molar refractivity (Wildman–Crippen MR) is 135 cm³/mol. The number of nitriles is 1. The molecule has 1 atom stereocenters. The summed E-state index contributed by atoms with van der Waals surface area (Å²) >= 11 is 0. The molecule has 0 saturated heterocycles. The van der Waals surface area contributed by atoms with Crippen molar-refractivity contribution >= 4 is 34.3 Å². The van der Waals surface area contributed by atoms with Crippen molar-refractivity contribution in [3.63, 3.8) is 0 Å². The second kappa shape index (κ2) is 10.6. The van der Waals surface area contributed by atoms with E-state index >= 15 is 0 Å². The Morgan fingerprint density at radius 2 is 1.97 bits per heavy atom. The Morgan fingerprint density at radius 3 is 2.60 bits per heavy atom. The topological polar surface area (TPSA) is 114 Å². The Balaban J connectivity index is 1.89. The van der Waals surface area contributed by atoms with Crippen molar-refractivity contribution in [3.8, 4) is 6.07 Å². The molecule has 8 nitrogen and oxygen atoms in total. The van der Waals surface area contributed by atoms with E-state index in [1.807, 2.05) is 65.0 Å². The molecule has 0 aliphatic rings. The highest BCUT2D eigenvalue weighted by Gasteiger charge is 2.33. The number of aromatic nitrogens is 2. The molecule has 184 valence electrons. The Hall–Kier alpha value is -3.93. The van der Waals surface area contributed by atoms with Gasteiger partial charge in [0, 0.05) is 29.4 Å². The van der Waals surface area contributed by atoms with Crippen LogP contribution < -0.4 is 10.6 Å². The van der Waals surface area contributed by atoms with E-state index in [-0.39, 0.29) is 29.7 Å². The first-order valence-electron chi connectivity index (χ1n) is 11.5. The highest BCUT2D eigenvalue weighted by molar-refractivity contribution is 5.83. The lowest BCUT2D eigenvalue weighted by Crippen LogP contribution is -2.54. The van der Waals surface area contributed by atoms with Crippen LogP contribution in [0.4, 0.5) is 26.5 Å². The number of rotatable bonds is 8. The van der Waals surface area contributed by atoms with Crippen molar-refractivity contribution < 1.29 is 14.3 Å². The Labute approximate surface area is 204 Å². The third-order valence-electron chi connectivity index (χ3n) is 5.50. The second-order valence-electron chi connectivity index (χ2n) is 9.85. The maximum absolute atomic E-state index is 14.8. The summed E-state index contributed by atoms with van der Waals surface area (Å²) in [5.41, 5.74) is 0.918. The van der Waals surface area contributed by atoms with Crippen molar-refractivity contribution in [1.29, 1.82) is 5.26 Å². The summed E-state index contributed by atoms with van der Waals surface area (Å²) in [5.74, 6) is -0.312. The van der Waals surface area contributed by atoms with Gasteiger partial charge in [0.1, 0.15) is 6.07 Å². The average Bonchev–Trinajstić information content (AvgIpc) is 2.77. The standard InChI is InChI=1S/C26H31FN6O2/c1-16(2)11-20(33(25(34)35)26(3,4)5)15-30-24-21(27)13-18(14-28)23(32-24)31-19-8-9-22-17(12-19)7-6-10-29-22/h6-10,12-13,16,20H,11,15H2,1-5H3,(H,34,35)(H2,30,31,32). The number of hydrogen-bond acceptors (Lipinski definition) is 6. The van der Waals surface area contributed by atoms with Gasteiger partial charge in [-0.25, -0.2) is 14.2 Å². The van der Waals surface area contributed by atoms with Crippen molar-refractivity contribution in [2.24, 2.45) is 5.92 Å². The van der Waals surface area contributed by atoms with Crippen molar-refractivity contribution in [2.45, 2.75) is 52.6 Å². The molecule has 1 amide bonds. The molecule has 0 aliphatic carbocycles. The van der Waals surface area contributed by atoms with E-state index in [2.05, 4.69) is 20.6 Å². The molecule has 3 rings (SSSR count). The van der Waals surface area contributed by atoms with Gasteiger partial charge in [-0.2, -0.15) is 5.26 Å². The summed E-state index contributed by atoms with van der Waals surface area (Å²) in [5, 5.41) is 26.4. The molecule has 9 heteroatoms.